The van der Waals surface area contributed by atoms with Crippen molar-refractivity contribution in [2.45, 2.75) is 51.4 Å². The SMILES string of the molecule is CC1(C)CC(C(COc2ccc(Cl)cc2)NN)C(C)(C)O1. The first-order chi connectivity index (χ1) is 9.73. The Balaban J connectivity index is 2.01. The predicted octanol–water partition coefficient (Wildman–Crippen LogP) is 3.14. The number of rotatable bonds is 5. The van der Waals surface area contributed by atoms with Crippen molar-refractivity contribution in [3.8, 4) is 5.75 Å². The van der Waals surface area contributed by atoms with Gasteiger partial charge in [-0.05, 0) is 58.4 Å². The third kappa shape index (κ3) is 4.10. The number of nitrogens with two attached hydrogens (primary N) is 1. The molecule has 1 aromatic carbocycles. The molecule has 0 saturated carbocycles. The molecule has 1 aliphatic heterocycles. The quantitative estimate of drug-likeness (QED) is 0.648. The molecule has 0 amide bonds. The normalized spacial score (nSPS) is 24.8. The summed E-state index contributed by atoms with van der Waals surface area (Å²) < 4.78 is 12.0. The smallest absolute Gasteiger partial charge is 0.119 e. The maximum Gasteiger partial charge on any atom is 0.119 e. The number of halogens is 1. The number of benzene rings is 1. The Labute approximate surface area is 131 Å². The number of hydrogen-bond donors (Lipinski definition) is 2. The van der Waals surface area contributed by atoms with Crippen LogP contribution in [0, 0.1) is 5.92 Å². The first-order valence-corrected chi connectivity index (χ1v) is 7.66. The Bertz CT molecular complexity index is 474. The molecule has 0 radical (unpaired) electrons. The molecule has 1 aliphatic rings. The van der Waals surface area contributed by atoms with Gasteiger partial charge in [0.2, 0.25) is 0 Å². The van der Waals surface area contributed by atoms with Gasteiger partial charge in [0, 0.05) is 10.9 Å². The first-order valence-electron chi connectivity index (χ1n) is 7.28. The zero-order valence-corrected chi connectivity index (χ0v) is 13.9. The van der Waals surface area contributed by atoms with E-state index in [9.17, 15) is 0 Å². The van der Waals surface area contributed by atoms with Crippen LogP contribution >= 0.6 is 11.6 Å². The second kappa shape index (κ2) is 6.13. The van der Waals surface area contributed by atoms with Crippen molar-refractivity contribution in [1.29, 1.82) is 0 Å². The van der Waals surface area contributed by atoms with Crippen molar-refractivity contribution in [3.63, 3.8) is 0 Å². The van der Waals surface area contributed by atoms with Crippen LogP contribution in [-0.2, 0) is 4.74 Å². The summed E-state index contributed by atoms with van der Waals surface area (Å²) >= 11 is 5.87. The summed E-state index contributed by atoms with van der Waals surface area (Å²) in [6.45, 7) is 8.94. The van der Waals surface area contributed by atoms with E-state index in [-0.39, 0.29) is 23.2 Å². The summed E-state index contributed by atoms with van der Waals surface area (Å²) in [6, 6.07) is 7.37. The fourth-order valence-electron chi connectivity index (χ4n) is 3.23. The molecule has 1 saturated heterocycles. The summed E-state index contributed by atoms with van der Waals surface area (Å²) in [5, 5.41) is 0.697. The lowest BCUT2D eigenvalue weighted by Crippen LogP contribution is -2.50. The van der Waals surface area contributed by atoms with E-state index in [1.165, 1.54) is 0 Å². The molecule has 21 heavy (non-hydrogen) atoms. The summed E-state index contributed by atoms with van der Waals surface area (Å²) in [7, 11) is 0. The average molecular weight is 313 g/mol. The highest BCUT2D eigenvalue weighted by atomic mass is 35.5. The Hall–Kier alpha value is -0.810. The van der Waals surface area contributed by atoms with Crippen LogP contribution in [0.15, 0.2) is 24.3 Å². The number of ether oxygens (including phenoxy) is 2. The van der Waals surface area contributed by atoms with E-state index < -0.39 is 0 Å². The highest BCUT2D eigenvalue weighted by Crippen LogP contribution is 2.43. The van der Waals surface area contributed by atoms with Gasteiger partial charge in [0.1, 0.15) is 12.4 Å². The maximum atomic E-state index is 6.13. The minimum atomic E-state index is -0.232. The van der Waals surface area contributed by atoms with E-state index in [0.29, 0.717) is 11.6 Å². The lowest BCUT2D eigenvalue weighted by Gasteiger charge is -2.32. The monoisotopic (exact) mass is 312 g/mol. The van der Waals surface area contributed by atoms with Gasteiger partial charge in [0.05, 0.1) is 17.2 Å². The largest absolute Gasteiger partial charge is 0.492 e. The van der Waals surface area contributed by atoms with E-state index in [4.69, 9.17) is 26.9 Å². The number of hydrazine groups is 1. The minimum Gasteiger partial charge on any atom is -0.492 e. The van der Waals surface area contributed by atoms with Crippen molar-refractivity contribution in [2.24, 2.45) is 11.8 Å². The highest BCUT2D eigenvalue weighted by molar-refractivity contribution is 6.30. The standard InChI is InChI=1S/C16H25ClN2O2/c1-15(2)9-13(16(3,4)21-15)14(19-18)10-20-12-7-5-11(17)6-8-12/h5-8,13-14,19H,9-10,18H2,1-4H3. The molecule has 4 nitrogen and oxygen atoms in total. The summed E-state index contributed by atoms with van der Waals surface area (Å²) in [5.74, 6) is 6.81. The molecule has 2 atom stereocenters. The third-order valence-corrected chi connectivity index (χ3v) is 4.34. The van der Waals surface area contributed by atoms with Crippen LogP contribution in [0.3, 0.4) is 0 Å². The van der Waals surface area contributed by atoms with Crippen molar-refractivity contribution in [3.05, 3.63) is 29.3 Å². The van der Waals surface area contributed by atoms with Gasteiger partial charge in [-0.1, -0.05) is 11.6 Å². The molecule has 1 aromatic rings. The van der Waals surface area contributed by atoms with Gasteiger partial charge in [-0.25, -0.2) is 0 Å². The second-order valence-corrected chi connectivity index (χ2v) is 7.25. The van der Waals surface area contributed by atoms with Gasteiger partial charge >= 0.3 is 0 Å². The molecule has 0 bridgehead atoms. The van der Waals surface area contributed by atoms with Gasteiger partial charge in [0.25, 0.3) is 0 Å². The Kier molecular flexibility index (Phi) is 4.83. The van der Waals surface area contributed by atoms with Gasteiger partial charge in [0.15, 0.2) is 0 Å². The highest BCUT2D eigenvalue weighted by Gasteiger charge is 2.49. The molecule has 5 heteroatoms. The van der Waals surface area contributed by atoms with Crippen molar-refractivity contribution in [1.82, 2.24) is 5.43 Å². The van der Waals surface area contributed by atoms with Crippen LogP contribution in [0.1, 0.15) is 34.1 Å². The van der Waals surface area contributed by atoms with Crippen molar-refractivity contribution < 1.29 is 9.47 Å². The summed E-state index contributed by atoms with van der Waals surface area (Å²) in [5.41, 5.74) is 2.52. The van der Waals surface area contributed by atoms with Crippen LogP contribution in [0.2, 0.25) is 5.02 Å². The van der Waals surface area contributed by atoms with Gasteiger partial charge < -0.3 is 9.47 Å². The molecule has 2 unspecified atom stereocenters. The number of nitrogens with one attached hydrogen (secondary N) is 1. The van der Waals surface area contributed by atoms with Gasteiger partial charge in [-0.15, -0.1) is 0 Å². The first kappa shape index (κ1) is 16.6. The van der Waals surface area contributed by atoms with E-state index in [1.54, 1.807) is 0 Å². The Morgan fingerprint density at radius 2 is 1.95 bits per heavy atom. The molecule has 0 aliphatic carbocycles. The molecule has 2 rings (SSSR count). The molecular weight excluding hydrogens is 288 g/mol. The summed E-state index contributed by atoms with van der Waals surface area (Å²) in [4.78, 5) is 0. The fourth-order valence-corrected chi connectivity index (χ4v) is 3.35. The zero-order chi connectivity index (χ0) is 15.7. The fraction of sp³-hybridized carbons (Fsp3) is 0.625. The lowest BCUT2D eigenvalue weighted by molar-refractivity contribution is -0.0789. The van der Waals surface area contributed by atoms with Crippen LogP contribution < -0.4 is 16.0 Å². The zero-order valence-electron chi connectivity index (χ0n) is 13.2. The van der Waals surface area contributed by atoms with Crippen molar-refractivity contribution >= 4 is 11.6 Å². The maximum absolute atomic E-state index is 6.13. The Morgan fingerprint density at radius 3 is 2.43 bits per heavy atom. The topological polar surface area (TPSA) is 56.5 Å². The molecule has 1 fully saturated rings. The molecule has 0 spiro atoms. The second-order valence-electron chi connectivity index (χ2n) is 6.81. The van der Waals surface area contributed by atoms with Crippen molar-refractivity contribution in [2.75, 3.05) is 6.61 Å². The van der Waals surface area contributed by atoms with E-state index in [0.717, 1.165) is 12.2 Å². The minimum absolute atomic E-state index is 0.0254. The predicted molar refractivity (Wildman–Crippen MR) is 85.4 cm³/mol. The third-order valence-electron chi connectivity index (χ3n) is 4.09. The van der Waals surface area contributed by atoms with E-state index in [2.05, 4.69) is 33.1 Å². The van der Waals surface area contributed by atoms with E-state index in [1.807, 2.05) is 24.3 Å². The number of hydrogen-bond acceptors (Lipinski definition) is 4. The summed E-state index contributed by atoms with van der Waals surface area (Å²) in [6.07, 6.45) is 0.943. The lowest BCUT2D eigenvalue weighted by atomic mass is 9.82. The molecule has 3 N–H and O–H groups in total. The Morgan fingerprint density at radius 1 is 1.33 bits per heavy atom. The van der Waals surface area contributed by atoms with Gasteiger partial charge in [-0.2, -0.15) is 0 Å². The molecule has 118 valence electrons. The van der Waals surface area contributed by atoms with Crippen LogP contribution in [-0.4, -0.2) is 23.9 Å². The molecule has 0 aromatic heterocycles. The van der Waals surface area contributed by atoms with E-state index >= 15 is 0 Å². The van der Waals surface area contributed by atoms with Crippen LogP contribution in [0.4, 0.5) is 0 Å². The molecule has 1 heterocycles. The average Bonchev–Trinajstić information content (AvgIpc) is 2.61. The van der Waals surface area contributed by atoms with Crippen LogP contribution in [0.25, 0.3) is 0 Å². The van der Waals surface area contributed by atoms with Crippen LogP contribution in [0.5, 0.6) is 5.75 Å². The molecular formula is C16H25ClN2O2. The van der Waals surface area contributed by atoms with Gasteiger partial charge in [-0.3, -0.25) is 11.3 Å².